The van der Waals surface area contributed by atoms with E-state index in [9.17, 15) is 4.79 Å². The molecule has 1 heterocycles. The molecule has 0 atom stereocenters. The lowest BCUT2D eigenvalue weighted by Gasteiger charge is -2.44. The number of hydrogen-bond donors (Lipinski definition) is 0. The summed E-state index contributed by atoms with van der Waals surface area (Å²) >= 11 is 0. The molecule has 0 aliphatic rings. The molecule has 0 unspecified atom stereocenters. The smallest absolute Gasteiger partial charge is 0.194 e. The Balaban J connectivity index is 2.46. The van der Waals surface area contributed by atoms with E-state index >= 15 is 0 Å². The summed E-state index contributed by atoms with van der Waals surface area (Å²) in [5.74, 6) is 0.114. The molecule has 0 saturated carbocycles. The molecular weight excluding hydrogens is 298 g/mol. The molecule has 0 N–H and O–H groups in total. The molecule has 0 aliphatic heterocycles. The van der Waals surface area contributed by atoms with Gasteiger partial charge in [0.25, 0.3) is 0 Å². The zero-order valence-corrected chi connectivity index (χ0v) is 16.2. The van der Waals surface area contributed by atoms with E-state index < -0.39 is 8.24 Å². The summed E-state index contributed by atoms with van der Waals surface area (Å²) < 4.78 is 2.42. The second kappa shape index (κ2) is 6.87. The lowest BCUT2D eigenvalue weighted by Crippen LogP contribution is -2.51. The molecule has 1 aromatic carbocycles. The van der Waals surface area contributed by atoms with Crippen molar-refractivity contribution in [3.8, 4) is 0 Å². The normalized spacial score (nSPS) is 12.4. The van der Waals surface area contributed by atoms with Gasteiger partial charge in [0, 0.05) is 17.3 Å². The number of hydrogen-bond acceptors (Lipinski definition) is 1. The Morgan fingerprint density at radius 3 is 1.83 bits per heavy atom. The van der Waals surface area contributed by atoms with Gasteiger partial charge in [-0.2, -0.15) is 0 Å². The van der Waals surface area contributed by atoms with E-state index in [1.807, 2.05) is 36.4 Å². The summed E-state index contributed by atoms with van der Waals surface area (Å²) in [6.45, 7) is 14.0. The van der Waals surface area contributed by atoms with Crippen molar-refractivity contribution in [2.75, 3.05) is 0 Å². The van der Waals surface area contributed by atoms with E-state index in [0.717, 1.165) is 11.1 Å². The van der Waals surface area contributed by atoms with Gasteiger partial charge in [-0.05, 0) is 28.9 Å². The summed E-state index contributed by atoms with van der Waals surface area (Å²) in [5.41, 5.74) is 3.42. The van der Waals surface area contributed by atoms with E-state index in [1.54, 1.807) is 0 Å². The summed E-state index contributed by atoms with van der Waals surface area (Å²) in [4.78, 5) is 12.7. The second-order valence-electron chi connectivity index (χ2n) is 7.35. The minimum atomic E-state index is -1.77. The molecule has 2 rings (SSSR count). The van der Waals surface area contributed by atoms with Crippen LogP contribution >= 0.6 is 0 Å². The topological polar surface area (TPSA) is 22.0 Å². The van der Waals surface area contributed by atoms with Gasteiger partial charge in [0.15, 0.2) is 14.0 Å². The summed E-state index contributed by atoms with van der Waals surface area (Å²) in [7, 11) is -1.77. The molecule has 23 heavy (non-hydrogen) atoms. The molecular formula is C20H29NOSi. The highest BCUT2D eigenvalue weighted by Crippen LogP contribution is 2.42. The Kier molecular flexibility index (Phi) is 5.30. The molecule has 1 aromatic heterocycles. The van der Waals surface area contributed by atoms with Crippen LogP contribution in [0.4, 0.5) is 0 Å². The molecule has 0 bridgehead atoms. The molecule has 0 saturated heterocycles. The zero-order valence-electron chi connectivity index (χ0n) is 15.2. The number of carbonyl (C=O) groups excluding carboxylic acids is 1. The van der Waals surface area contributed by atoms with Crippen LogP contribution in [0.3, 0.4) is 0 Å². The maximum absolute atomic E-state index is 12.7. The fraction of sp³-hybridized carbons (Fsp3) is 0.450. The Morgan fingerprint density at radius 2 is 1.35 bits per heavy atom. The van der Waals surface area contributed by atoms with E-state index in [4.69, 9.17) is 0 Å². The van der Waals surface area contributed by atoms with Crippen molar-refractivity contribution >= 4 is 14.0 Å². The van der Waals surface area contributed by atoms with Gasteiger partial charge < -0.3 is 4.23 Å². The zero-order chi connectivity index (χ0) is 17.2. The standard InChI is InChI=1S/C20H29NOSi/c1-15(2)23(16(3)4,17(5)6)21-13-12-19(14-21)20(22)18-10-8-7-9-11-18/h7-17H,1-6H3. The van der Waals surface area contributed by atoms with Crippen LogP contribution in [0.1, 0.15) is 57.5 Å². The van der Waals surface area contributed by atoms with E-state index in [1.165, 1.54) is 0 Å². The van der Waals surface area contributed by atoms with Crippen molar-refractivity contribution in [3.63, 3.8) is 0 Å². The minimum absolute atomic E-state index is 0.114. The summed E-state index contributed by atoms with van der Waals surface area (Å²) in [5, 5.41) is 0. The predicted molar refractivity (Wildman–Crippen MR) is 101 cm³/mol. The molecule has 2 aromatic rings. The van der Waals surface area contributed by atoms with Crippen molar-refractivity contribution in [2.24, 2.45) is 0 Å². The van der Waals surface area contributed by atoms with Gasteiger partial charge in [0.05, 0.1) is 0 Å². The lowest BCUT2D eigenvalue weighted by molar-refractivity contribution is 0.103. The van der Waals surface area contributed by atoms with Gasteiger partial charge in [-0.25, -0.2) is 0 Å². The Labute approximate surface area is 141 Å². The third-order valence-corrected chi connectivity index (χ3v) is 11.9. The first-order valence-corrected chi connectivity index (χ1v) is 10.8. The molecule has 124 valence electrons. The van der Waals surface area contributed by atoms with Crippen molar-refractivity contribution in [2.45, 2.75) is 58.2 Å². The molecule has 0 spiro atoms. The first-order valence-electron chi connectivity index (χ1n) is 8.60. The molecule has 3 heteroatoms. The second-order valence-corrected chi connectivity index (χ2v) is 13.1. The Morgan fingerprint density at radius 1 is 0.826 bits per heavy atom. The first kappa shape index (κ1) is 17.7. The lowest BCUT2D eigenvalue weighted by atomic mass is 10.1. The molecule has 0 amide bonds. The third-order valence-electron chi connectivity index (χ3n) is 5.21. The number of aromatic nitrogens is 1. The van der Waals surface area contributed by atoms with Gasteiger partial charge in [-0.3, -0.25) is 4.79 Å². The number of nitrogens with zero attached hydrogens (tertiary/aromatic N) is 1. The first-order chi connectivity index (χ1) is 10.8. The molecule has 0 radical (unpaired) electrons. The van der Waals surface area contributed by atoms with Crippen LogP contribution in [0.25, 0.3) is 0 Å². The average Bonchev–Trinajstić information content (AvgIpc) is 2.96. The largest absolute Gasteiger partial charge is 0.379 e. The van der Waals surface area contributed by atoms with Crippen LogP contribution in [0.5, 0.6) is 0 Å². The quantitative estimate of drug-likeness (QED) is 0.489. The van der Waals surface area contributed by atoms with Gasteiger partial charge in [-0.1, -0.05) is 71.9 Å². The number of benzene rings is 1. The van der Waals surface area contributed by atoms with Crippen molar-refractivity contribution in [3.05, 3.63) is 59.9 Å². The Hall–Kier alpha value is -1.61. The van der Waals surface area contributed by atoms with Crippen LogP contribution in [0.15, 0.2) is 48.8 Å². The highest BCUT2D eigenvalue weighted by atomic mass is 28.3. The number of rotatable bonds is 6. The highest BCUT2D eigenvalue weighted by Gasteiger charge is 2.45. The SMILES string of the molecule is CC(C)[Si](C(C)C)(C(C)C)n1ccc(C(=O)c2ccccc2)c1. The van der Waals surface area contributed by atoms with E-state index in [0.29, 0.717) is 16.6 Å². The fourth-order valence-electron chi connectivity index (χ4n) is 4.42. The van der Waals surface area contributed by atoms with Crippen molar-refractivity contribution < 1.29 is 4.79 Å². The van der Waals surface area contributed by atoms with Crippen molar-refractivity contribution in [1.29, 1.82) is 0 Å². The predicted octanol–water partition coefficient (Wildman–Crippen LogP) is 5.74. The van der Waals surface area contributed by atoms with Crippen LogP contribution in [0, 0.1) is 0 Å². The maximum Gasteiger partial charge on any atom is 0.194 e. The van der Waals surface area contributed by atoms with Gasteiger partial charge in [-0.15, -0.1) is 0 Å². The fourth-order valence-corrected chi connectivity index (χ4v) is 10.9. The minimum Gasteiger partial charge on any atom is -0.379 e. The molecule has 0 fully saturated rings. The number of ketones is 1. The van der Waals surface area contributed by atoms with E-state index in [-0.39, 0.29) is 5.78 Å². The van der Waals surface area contributed by atoms with Crippen LogP contribution < -0.4 is 0 Å². The van der Waals surface area contributed by atoms with Gasteiger partial charge in [0.1, 0.15) is 0 Å². The maximum atomic E-state index is 12.7. The highest BCUT2D eigenvalue weighted by molar-refractivity contribution is 6.82. The van der Waals surface area contributed by atoms with Crippen molar-refractivity contribution in [1.82, 2.24) is 4.23 Å². The van der Waals surface area contributed by atoms with Gasteiger partial charge >= 0.3 is 0 Å². The monoisotopic (exact) mass is 327 g/mol. The summed E-state index contributed by atoms with van der Waals surface area (Å²) in [6.07, 6.45) is 4.24. The summed E-state index contributed by atoms with van der Waals surface area (Å²) in [6, 6.07) is 11.5. The molecule has 0 aliphatic carbocycles. The number of carbonyl (C=O) groups is 1. The average molecular weight is 328 g/mol. The third kappa shape index (κ3) is 3.07. The molecule has 2 nitrogen and oxygen atoms in total. The van der Waals surface area contributed by atoms with Gasteiger partial charge in [0.2, 0.25) is 0 Å². The van der Waals surface area contributed by atoms with E-state index in [2.05, 4.69) is 58.2 Å². The van der Waals surface area contributed by atoms with Crippen LogP contribution in [-0.2, 0) is 0 Å². The Bertz CT molecular complexity index is 634. The van der Waals surface area contributed by atoms with Crippen LogP contribution in [-0.4, -0.2) is 18.3 Å². The van der Waals surface area contributed by atoms with Crippen LogP contribution in [0.2, 0.25) is 16.6 Å².